The Balaban J connectivity index is 2.60. The first kappa shape index (κ1) is 12.1. The summed E-state index contributed by atoms with van der Waals surface area (Å²) in [5, 5.41) is 0. The Morgan fingerprint density at radius 1 is 1.18 bits per heavy atom. The molecule has 2 N–H and O–H groups in total. The number of benzene rings is 1. The summed E-state index contributed by atoms with van der Waals surface area (Å²) in [7, 11) is 2.86. The van der Waals surface area contributed by atoms with E-state index in [2.05, 4.69) is 0 Å². The quantitative estimate of drug-likeness (QED) is 0.885. The molecule has 1 aliphatic carbocycles. The van der Waals surface area contributed by atoms with E-state index in [4.69, 9.17) is 15.2 Å². The molecule has 0 aliphatic heterocycles. The lowest BCUT2D eigenvalue weighted by molar-refractivity contribution is 0.0876. The smallest absolute Gasteiger partial charge is 0.272 e. The van der Waals surface area contributed by atoms with Crippen molar-refractivity contribution in [2.24, 2.45) is 5.73 Å². The van der Waals surface area contributed by atoms with E-state index in [9.17, 15) is 8.78 Å². The molecule has 1 fully saturated rings. The maximum atomic E-state index is 13.4. The highest BCUT2D eigenvalue weighted by Gasteiger charge is 2.71. The molecule has 0 spiro atoms. The maximum absolute atomic E-state index is 13.4. The van der Waals surface area contributed by atoms with Crippen LogP contribution in [0.2, 0.25) is 0 Å². The van der Waals surface area contributed by atoms with E-state index < -0.39 is 11.5 Å². The van der Waals surface area contributed by atoms with Crippen molar-refractivity contribution in [2.45, 2.75) is 24.8 Å². The predicted molar refractivity (Wildman–Crippen MR) is 59.7 cm³/mol. The Morgan fingerprint density at radius 2 is 1.59 bits per heavy atom. The van der Waals surface area contributed by atoms with Crippen LogP contribution >= 0.6 is 0 Å². The molecule has 1 saturated carbocycles. The number of ether oxygens (including phenoxy) is 2. The van der Waals surface area contributed by atoms with Gasteiger partial charge in [-0.05, 0) is 24.6 Å². The first-order valence-corrected chi connectivity index (χ1v) is 5.25. The molecule has 1 unspecified atom stereocenters. The van der Waals surface area contributed by atoms with Crippen LogP contribution in [0.15, 0.2) is 12.1 Å². The van der Waals surface area contributed by atoms with Crippen LogP contribution in [0, 0.1) is 6.92 Å². The van der Waals surface area contributed by atoms with Crippen LogP contribution in [0.3, 0.4) is 0 Å². The molecule has 0 amide bonds. The van der Waals surface area contributed by atoms with Gasteiger partial charge in [-0.3, -0.25) is 0 Å². The number of halogens is 2. The van der Waals surface area contributed by atoms with E-state index in [1.54, 1.807) is 12.1 Å². The van der Waals surface area contributed by atoms with Gasteiger partial charge in [0.25, 0.3) is 5.92 Å². The van der Waals surface area contributed by atoms with Gasteiger partial charge in [0, 0.05) is 6.42 Å². The average molecular weight is 243 g/mol. The van der Waals surface area contributed by atoms with Gasteiger partial charge in [-0.1, -0.05) is 0 Å². The highest BCUT2D eigenvalue weighted by molar-refractivity contribution is 5.56. The SMILES string of the molecule is COc1cc(C)cc(OC)c1C1(N)CC1(F)F. The standard InChI is InChI=1S/C12H15F2NO2/c1-7-4-8(16-2)10(9(5-7)17-3)11(15)6-12(11,13)14/h4-5H,6,15H2,1-3H3. The van der Waals surface area contributed by atoms with Crippen molar-refractivity contribution in [1.29, 1.82) is 0 Å². The van der Waals surface area contributed by atoms with Gasteiger partial charge in [0.2, 0.25) is 0 Å². The van der Waals surface area contributed by atoms with Gasteiger partial charge in [0.1, 0.15) is 17.0 Å². The zero-order valence-electron chi connectivity index (χ0n) is 10.0. The summed E-state index contributed by atoms with van der Waals surface area (Å²) in [6.07, 6.45) is -0.379. The number of hydrogen-bond acceptors (Lipinski definition) is 3. The predicted octanol–water partition coefficient (Wildman–Crippen LogP) is 2.21. The molecule has 1 atom stereocenters. The fourth-order valence-corrected chi connectivity index (χ4v) is 2.06. The molecule has 0 aromatic heterocycles. The van der Waals surface area contributed by atoms with E-state index in [0.717, 1.165) is 5.56 Å². The molecule has 1 aliphatic rings. The molecule has 5 heteroatoms. The van der Waals surface area contributed by atoms with E-state index in [0.29, 0.717) is 11.5 Å². The minimum absolute atomic E-state index is 0.248. The van der Waals surface area contributed by atoms with Gasteiger partial charge in [-0.15, -0.1) is 0 Å². The van der Waals surface area contributed by atoms with Gasteiger partial charge in [-0.2, -0.15) is 0 Å². The number of nitrogens with two attached hydrogens (primary N) is 1. The Hall–Kier alpha value is -1.36. The van der Waals surface area contributed by atoms with E-state index >= 15 is 0 Å². The van der Waals surface area contributed by atoms with Gasteiger partial charge in [0.05, 0.1) is 19.8 Å². The molecule has 3 nitrogen and oxygen atoms in total. The number of hydrogen-bond donors (Lipinski definition) is 1. The van der Waals surface area contributed by atoms with Gasteiger partial charge in [0.15, 0.2) is 0 Å². The second-order valence-corrected chi connectivity index (χ2v) is 4.40. The normalized spacial score (nSPS) is 25.5. The Labute approximate surface area is 98.5 Å². The Morgan fingerprint density at radius 3 is 1.88 bits per heavy atom. The highest BCUT2D eigenvalue weighted by Crippen LogP contribution is 2.61. The molecule has 0 radical (unpaired) electrons. The van der Waals surface area contributed by atoms with Crippen LogP contribution in [-0.4, -0.2) is 20.1 Å². The summed E-state index contributed by atoms with van der Waals surface area (Å²) in [5.74, 6) is -2.20. The molecule has 2 rings (SSSR count). The second kappa shape index (κ2) is 3.57. The number of rotatable bonds is 3. The summed E-state index contributed by atoms with van der Waals surface area (Å²) in [6.45, 7) is 1.84. The fourth-order valence-electron chi connectivity index (χ4n) is 2.06. The second-order valence-electron chi connectivity index (χ2n) is 4.40. The van der Waals surface area contributed by atoms with Crippen molar-refractivity contribution in [3.05, 3.63) is 23.3 Å². The highest BCUT2D eigenvalue weighted by atomic mass is 19.3. The summed E-state index contributed by atoms with van der Waals surface area (Å²) in [6, 6.07) is 3.36. The van der Waals surface area contributed by atoms with Crippen molar-refractivity contribution in [2.75, 3.05) is 14.2 Å². The third-order valence-corrected chi connectivity index (χ3v) is 3.12. The fraction of sp³-hybridized carbons (Fsp3) is 0.500. The molecule has 1 aromatic rings. The molecule has 1 aromatic carbocycles. The molecular weight excluding hydrogens is 228 g/mol. The first-order chi connectivity index (χ1) is 7.85. The Kier molecular flexibility index (Phi) is 2.54. The summed E-state index contributed by atoms with van der Waals surface area (Å²) >= 11 is 0. The third kappa shape index (κ3) is 1.65. The van der Waals surface area contributed by atoms with Gasteiger partial charge < -0.3 is 15.2 Å². The van der Waals surface area contributed by atoms with E-state index in [1.165, 1.54) is 14.2 Å². The molecule has 17 heavy (non-hydrogen) atoms. The monoisotopic (exact) mass is 243 g/mol. The topological polar surface area (TPSA) is 44.5 Å². The molecule has 0 bridgehead atoms. The first-order valence-electron chi connectivity index (χ1n) is 5.25. The molecular formula is C12H15F2NO2. The number of alkyl halides is 2. The maximum Gasteiger partial charge on any atom is 0.272 e. The van der Waals surface area contributed by atoms with Crippen LogP contribution in [0.4, 0.5) is 8.78 Å². The molecule has 0 heterocycles. The van der Waals surface area contributed by atoms with Crippen LogP contribution in [0.25, 0.3) is 0 Å². The zero-order valence-corrected chi connectivity index (χ0v) is 10.0. The van der Waals surface area contributed by atoms with Gasteiger partial charge in [-0.25, -0.2) is 8.78 Å². The summed E-state index contributed by atoms with van der Waals surface area (Å²) in [5.41, 5.74) is 5.19. The van der Waals surface area contributed by atoms with Crippen LogP contribution < -0.4 is 15.2 Å². The molecule has 0 saturated heterocycles. The third-order valence-electron chi connectivity index (χ3n) is 3.12. The van der Waals surface area contributed by atoms with Crippen molar-refractivity contribution in [3.63, 3.8) is 0 Å². The van der Waals surface area contributed by atoms with Crippen LogP contribution in [0.5, 0.6) is 11.5 Å². The lowest BCUT2D eigenvalue weighted by Crippen LogP contribution is -2.28. The lowest BCUT2D eigenvalue weighted by Gasteiger charge is -2.19. The summed E-state index contributed by atoms with van der Waals surface area (Å²) < 4.78 is 37.0. The largest absolute Gasteiger partial charge is 0.496 e. The van der Waals surface area contributed by atoms with Crippen molar-refractivity contribution < 1.29 is 18.3 Å². The minimum atomic E-state index is -2.90. The van der Waals surface area contributed by atoms with Crippen LogP contribution in [-0.2, 0) is 5.54 Å². The minimum Gasteiger partial charge on any atom is -0.496 e. The van der Waals surface area contributed by atoms with Gasteiger partial charge >= 0.3 is 0 Å². The average Bonchev–Trinajstić information content (AvgIpc) is 2.77. The number of methoxy groups -OCH3 is 2. The van der Waals surface area contributed by atoms with Crippen molar-refractivity contribution >= 4 is 0 Å². The van der Waals surface area contributed by atoms with E-state index in [-0.39, 0.29) is 12.0 Å². The zero-order chi connectivity index (χ0) is 12.8. The van der Waals surface area contributed by atoms with Crippen molar-refractivity contribution in [1.82, 2.24) is 0 Å². The van der Waals surface area contributed by atoms with Crippen LogP contribution in [0.1, 0.15) is 17.5 Å². The summed E-state index contributed by atoms with van der Waals surface area (Å²) in [4.78, 5) is 0. The Bertz CT molecular complexity index is 437. The lowest BCUT2D eigenvalue weighted by atomic mass is 10.0. The number of aryl methyl sites for hydroxylation is 1. The van der Waals surface area contributed by atoms with E-state index in [1.807, 2.05) is 6.92 Å². The van der Waals surface area contributed by atoms with Crippen molar-refractivity contribution in [3.8, 4) is 11.5 Å². The molecule has 94 valence electrons.